The van der Waals surface area contributed by atoms with Gasteiger partial charge in [0.05, 0.1) is 17.7 Å². The average molecular weight is 292 g/mol. The van der Waals surface area contributed by atoms with E-state index in [0.717, 1.165) is 12.0 Å². The molecule has 0 saturated carbocycles. The summed E-state index contributed by atoms with van der Waals surface area (Å²) in [7, 11) is 1.71. The molecule has 0 bridgehead atoms. The van der Waals surface area contributed by atoms with E-state index in [2.05, 4.69) is 15.5 Å². The summed E-state index contributed by atoms with van der Waals surface area (Å²) in [5, 5.41) is 22.8. The van der Waals surface area contributed by atoms with Crippen LogP contribution in [0.3, 0.4) is 0 Å². The van der Waals surface area contributed by atoms with Gasteiger partial charge in [0.25, 0.3) is 0 Å². The van der Waals surface area contributed by atoms with E-state index in [1.54, 1.807) is 17.9 Å². The summed E-state index contributed by atoms with van der Waals surface area (Å²) in [5.74, 6) is 0.451. The largest absolute Gasteiger partial charge is 0.363 e. The fraction of sp³-hybridized carbons (Fsp3) is 0.538. The molecule has 0 aliphatic rings. The molecule has 8 nitrogen and oxygen atoms in total. The van der Waals surface area contributed by atoms with Crippen molar-refractivity contribution in [1.82, 2.24) is 19.6 Å². The van der Waals surface area contributed by atoms with E-state index < -0.39 is 0 Å². The molecule has 0 aromatic carbocycles. The molecular weight excluding hydrogens is 272 g/mol. The lowest BCUT2D eigenvalue weighted by atomic mass is 10.2. The number of nitrogens with zero attached hydrogens (tertiary/aromatic N) is 5. The van der Waals surface area contributed by atoms with Crippen molar-refractivity contribution in [2.75, 3.05) is 11.9 Å². The minimum atomic E-state index is -0.363. The van der Waals surface area contributed by atoms with Crippen LogP contribution < -0.4 is 5.32 Å². The van der Waals surface area contributed by atoms with Gasteiger partial charge in [-0.1, -0.05) is 13.3 Å². The highest BCUT2D eigenvalue weighted by Crippen LogP contribution is 2.28. The molecule has 2 aromatic heterocycles. The second-order valence-electron chi connectivity index (χ2n) is 4.98. The predicted octanol–water partition coefficient (Wildman–Crippen LogP) is 1.90. The third-order valence-electron chi connectivity index (χ3n) is 3.16. The number of hydrogen-bond acceptors (Lipinski definition) is 5. The predicted molar refractivity (Wildman–Crippen MR) is 79.3 cm³/mol. The minimum Gasteiger partial charge on any atom is -0.363 e. The number of nitro groups is 1. The van der Waals surface area contributed by atoms with Crippen molar-refractivity contribution in [3.8, 4) is 0 Å². The molecule has 0 aliphatic carbocycles. The molecule has 8 heteroatoms. The van der Waals surface area contributed by atoms with Crippen molar-refractivity contribution < 1.29 is 4.92 Å². The van der Waals surface area contributed by atoms with Crippen LogP contribution in [-0.2, 0) is 20.0 Å². The summed E-state index contributed by atoms with van der Waals surface area (Å²) in [6.45, 7) is 5.14. The van der Waals surface area contributed by atoms with E-state index >= 15 is 0 Å². The highest BCUT2D eigenvalue weighted by atomic mass is 16.6. The maximum absolute atomic E-state index is 11.3. The molecule has 21 heavy (non-hydrogen) atoms. The summed E-state index contributed by atoms with van der Waals surface area (Å²) in [6.07, 6.45) is 5.14. The van der Waals surface area contributed by atoms with Gasteiger partial charge in [0.1, 0.15) is 5.69 Å². The van der Waals surface area contributed by atoms with E-state index in [4.69, 9.17) is 0 Å². The second-order valence-corrected chi connectivity index (χ2v) is 4.98. The Morgan fingerprint density at radius 1 is 1.48 bits per heavy atom. The zero-order valence-electron chi connectivity index (χ0n) is 12.5. The fourth-order valence-electron chi connectivity index (χ4n) is 2.24. The first-order chi connectivity index (χ1) is 10.0. The van der Waals surface area contributed by atoms with Gasteiger partial charge in [0.2, 0.25) is 5.82 Å². The topological polar surface area (TPSA) is 90.8 Å². The molecule has 0 saturated heterocycles. The van der Waals surface area contributed by atoms with Gasteiger partial charge in [-0.15, -0.1) is 0 Å². The summed E-state index contributed by atoms with van der Waals surface area (Å²) in [6, 6.07) is 0. The van der Waals surface area contributed by atoms with Crippen molar-refractivity contribution in [3.63, 3.8) is 0 Å². The van der Waals surface area contributed by atoms with Crippen LogP contribution in [0.4, 0.5) is 11.5 Å². The van der Waals surface area contributed by atoms with Crippen LogP contribution >= 0.6 is 0 Å². The smallest absolute Gasteiger partial charge is 0.333 e. The molecular formula is C13H20N6O2. The Hall–Kier alpha value is -2.38. The molecule has 0 fully saturated rings. The van der Waals surface area contributed by atoms with Crippen molar-refractivity contribution in [2.24, 2.45) is 7.05 Å². The third kappa shape index (κ3) is 3.39. The van der Waals surface area contributed by atoms with Crippen molar-refractivity contribution in [3.05, 3.63) is 33.8 Å². The monoisotopic (exact) mass is 292 g/mol. The van der Waals surface area contributed by atoms with Gasteiger partial charge in [0, 0.05) is 19.8 Å². The average Bonchev–Trinajstić information content (AvgIpc) is 2.95. The molecule has 0 unspecified atom stereocenters. The number of rotatable bonds is 7. The lowest BCUT2D eigenvalue weighted by molar-refractivity contribution is -0.384. The third-order valence-corrected chi connectivity index (χ3v) is 3.16. The first kappa shape index (κ1) is 15.0. The first-order valence-electron chi connectivity index (χ1n) is 6.96. The normalized spacial score (nSPS) is 10.8. The number of anilines is 1. The summed E-state index contributed by atoms with van der Waals surface area (Å²) >= 11 is 0. The van der Waals surface area contributed by atoms with Gasteiger partial charge >= 0.3 is 5.69 Å². The molecule has 2 aromatic rings. The van der Waals surface area contributed by atoms with Crippen LogP contribution in [0.1, 0.15) is 24.6 Å². The number of aryl methyl sites for hydroxylation is 3. The summed E-state index contributed by atoms with van der Waals surface area (Å²) in [4.78, 5) is 10.9. The molecule has 2 rings (SSSR count). The molecule has 2 heterocycles. The second kappa shape index (κ2) is 6.38. The van der Waals surface area contributed by atoms with Crippen LogP contribution in [0, 0.1) is 17.0 Å². The van der Waals surface area contributed by atoms with Crippen LogP contribution in [0.25, 0.3) is 0 Å². The van der Waals surface area contributed by atoms with Gasteiger partial charge in [0.15, 0.2) is 0 Å². The van der Waals surface area contributed by atoms with Gasteiger partial charge in [-0.25, -0.2) is 4.68 Å². The first-order valence-corrected chi connectivity index (χ1v) is 6.96. The van der Waals surface area contributed by atoms with E-state index in [9.17, 15) is 10.1 Å². The Morgan fingerprint density at radius 3 is 2.81 bits per heavy atom. The quantitative estimate of drug-likeness (QED) is 0.621. The SMILES string of the molecule is CCCc1nn(C)c(NCCn2cc(C)cn2)c1[N+](=O)[O-]. The zero-order chi connectivity index (χ0) is 15.4. The van der Waals surface area contributed by atoms with Gasteiger partial charge in [-0.2, -0.15) is 10.2 Å². The lowest BCUT2D eigenvalue weighted by Gasteiger charge is -2.06. The minimum absolute atomic E-state index is 0.0796. The van der Waals surface area contributed by atoms with Crippen molar-refractivity contribution >= 4 is 11.5 Å². The van der Waals surface area contributed by atoms with Gasteiger partial charge in [-0.3, -0.25) is 14.8 Å². The van der Waals surface area contributed by atoms with E-state index in [-0.39, 0.29) is 10.6 Å². The number of nitrogens with one attached hydrogen (secondary N) is 1. The molecule has 0 radical (unpaired) electrons. The molecule has 0 amide bonds. The Bertz CT molecular complexity index is 631. The Labute approximate surface area is 122 Å². The van der Waals surface area contributed by atoms with Crippen LogP contribution in [0.2, 0.25) is 0 Å². The van der Waals surface area contributed by atoms with E-state index in [1.165, 1.54) is 4.68 Å². The number of aromatic nitrogens is 4. The maximum atomic E-state index is 11.3. The summed E-state index contributed by atoms with van der Waals surface area (Å²) < 4.78 is 3.34. The number of hydrogen-bond donors (Lipinski definition) is 1. The van der Waals surface area contributed by atoms with E-state index in [0.29, 0.717) is 31.0 Å². The summed E-state index contributed by atoms with van der Waals surface area (Å²) in [5.41, 5.74) is 1.70. The molecule has 0 spiro atoms. The fourth-order valence-corrected chi connectivity index (χ4v) is 2.24. The molecule has 1 N–H and O–H groups in total. The highest BCUT2D eigenvalue weighted by molar-refractivity contribution is 5.59. The zero-order valence-corrected chi connectivity index (χ0v) is 12.5. The lowest BCUT2D eigenvalue weighted by Crippen LogP contribution is -2.13. The van der Waals surface area contributed by atoms with Crippen LogP contribution in [0.15, 0.2) is 12.4 Å². The molecule has 0 aliphatic heterocycles. The standard InChI is InChI=1S/C13H20N6O2/c1-4-5-11-12(19(20)21)13(17(3)16-11)14-6-7-18-9-10(2)8-15-18/h8-9,14H,4-7H2,1-3H3. The van der Waals surface area contributed by atoms with Gasteiger partial charge in [-0.05, 0) is 18.9 Å². The van der Waals surface area contributed by atoms with Crippen molar-refractivity contribution in [1.29, 1.82) is 0 Å². The Morgan fingerprint density at radius 2 is 2.24 bits per heavy atom. The van der Waals surface area contributed by atoms with E-state index in [1.807, 2.05) is 20.0 Å². The Kier molecular flexibility index (Phi) is 4.56. The maximum Gasteiger partial charge on any atom is 0.333 e. The molecule has 114 valence electrons. The molecule has 0 atom stereocenters. The highest BCUT2D eigenvalue weighted by Gasteiger charge is 2.25. The Balaban J connectivity index is 2.09. The van der Waals surface area contributed by atoms with Crippen LogP contribution in [0.5, 0.6) is 0 Å². The van der Waals surface area contributed by atoms with Gasteiger partial charge < -0.3 is 5.32 Å². The van der Waals surface area contributed by atoms with Crippen molar-refractivity contribution in [2.45, 2.75) is 33.2 Å². The van der Waals surface area contributed by atoms with Crippen LogP contribution in [-0.4, -0.2) is 31.0 Å².